The van der Waals surface area contributed by atoms with Crippen molar-refractivity contribution in [2.24, 2.45) is 11.7 Å². The first-order valence-corrected chi connectivity index (χ1v) is 5.19. The number of rotatable bonds is 5. The minimum atomic E-state index is -0.732. The van der Waals surface area contributed by atoms with E-state index in [-0.39, 0.29) is 18.6 Å². The maximum atomic E-state index is 11.7. The van der Waals surface area contributed by atoms with Crippen LogP contribution in [0.5, 0.6) is 0 Å². The van der Waals surface area contributed by atoms with Crippen LogP contribution >= 0.6 is 0 Å². The molecule has 1 aliphatic carbocycles. The lowest BCUT2D eigenvalue weighted by Gasteiger charge is -2.25. The van der Waals surface area contributed by atoms with E-state index in [0.717, 1.165) is 12.8 Å². The molecule has 0 heterocycles. The Bertz CT molecular complexity index is 212. The van der Waals surface area contributed by atoms with Crippen molar-refractivity contribution in [3.05, 3.63) is 0 Å². The predicted octanol–water partition coefficient (Wildman–Crippen LogP) is 0.000900. The van der Waals surface area contributed by atoms with Crippen molar-refractivity contribution in [1.82, 2.24) is 5.32 Å². The van der Waals surface area contributed by atoms with Crippen LogP contribution in [0.1, 0.15) is 33.1 Å². The Labute approximate surface area is 84.9 Å². The van der Waals surface area contributed by atoms with Gasteiger partial charge in [-0.15, -0.1) is 0 Å². The molecule has 0 aromatic carbocycles. The molecule has 4 heteroatoms. The molecule has 0 bridgehead atoms. The quantitative estimate of drug-likeness (QED) is 0.585. The van der Waals surface area contributed by atoms with E-state index in [4.69, 9.17) is 10.8 Å². The van der Waals surface area contributed by atoms with Crippen LogP contribution < -0.4 is 11.1 Å². The zero-order valence-electron chi connectivity index (χ0n) is 8.92. The van der Waals surface area contributed by atoms with Crippen molar-refractivity contribution in [3.63, 3.8) is 0 Å². The molecule has 0 aromatic rings. The van der Waals surface area contributed by atoms with E-state index >= 15 is 0 Å². The van der Waals surface area contributed by atoms with Gasteiger partial charge in [0.15, 0.2) is 0 Å². The average molecular weight is 200 g/mol. The average Bonchev–Trinajstić information content (AvgIpc) is 2.86. The van der Waals surface area contributed by atoms with E-state index in [1.165, 1.54) is 0 Å². The molecule has 14 heavy (non-hydrogen) atoms. The molecule has 0 spiro atoms. The summed E-state index contributed by atoms with van der Waals surface area (Å²) in [7, 11) is 0. The molecule has 1 fully saturated rings. The van der Waals surface area contributed by atoms with Gasteiger partial charge in [-0.1, -0.05) is 0 Å². The number of carbonyl (C=O) groups excluding carboxylic acids is 1. The van der Waals surface area contributed by atoms with Crippen molar-refractivity contribution in [1.29, 1.82) is 0 Å². The van der Waals surface area contributed by atoms with Gasteiger partial charge in [0.25, 0.3) is 0 Å². The summed E-state index contributed by atoms with van der Waals surface area (Å²) in [6.07, 6.45) is 2.68. The van der Waals surface area contributed by atoms with Crippen LogP contribution in [0.2, 0.25) is 0 Å². The van der Waals surface area contributed by atoms with Crippen LogP contribution in [0.25, 0.3) is 0 Å². The summed E-state index contributed by atoms with van der Waals surface area (Å²) in [6, 6.07) is -0.00544. The van der Waals surface area contributed by atoms with Crippen LogP contribution in [-0.4, -0.2) is 29.2 Å². The van der Waals surface area contributed by atoms with Gasteiger partial charge in [-0.2, -0.15) is 0 Å². The molecule has 4 N–H and O–H groups in total. The summed E-state index contributed by atoms with van der Waals surface area (Å²) in [5.74, 6) is 0.241. The second-order valence-corrected chi connectivity index (χ2v) is 4.44. The Morgan fingerprint density at radius 2 is 2.29 bits per heavy atom. The predicted molar refractivity (Wildman–Crippen MR) is 54.6 cm³/mol. The lowest BCUT2D eigenvalue weighted by atomic mass is 9.96. The summed E-state index contributed by atoms with van der Waals surface area (Å²) >= 11 is 0. The standard InChI is InChI=1S/C10H20N2O2/c1-7(5-6-13)12-9(14)10(2,11)8-3-4-8/h7-8,13H,3-6,11H2,1-2H3,(H,12,14). The third-order valence-corrected chi connectivity index (χ3v) is 2.85. The zero-order valence-corrected chi connectivity index (χ0v) is 8.92. The maximum absolute atomic E-state index is 11.7. The van der Waals surface area contributed by atoms with Crippen LogP contribution in [0, 0.1) is 5.92 Å². The Hall–Kier alpha value is -0.610. The fourth-order valence-corrected chi connectivity index (χ4v) is 1.51. The fraction of sp³-hybridized carbons (Fsp3) is 0.900. The third kappa shape index (κ3) is 2.69. The number of aliphatic hydroxyl groups is 1. The van der Waals surface area contributed by atoms with Crippen molar-refractivity contribution in [2.45, 2.75) is 44.7 Å². The van der Waals surface area contributed by atoms with E-state index in [2.05, 4.69) is 5.32 Å². The molecule has 0 aliphatic heterocycles. The largest absolute Gasteiger partial charge is 0.396 e. The number of aliphatic hydroxyl groups excluding tert-OH is 1. The summed E-state index contributed by atoms with van der Waals surface area (Å²) in [6.45, 7) is 3.74. The Balaban J connectivity index is 2.40. The number of hydrogen-bond donors (Lipinski definition) is 3. The molecule has 2 atom stereocenters. The molecular weight excluding hydrogens is 180 g/mol. The van der Waals surface area contributed by atoms with Crippen LogP contribution in [0.3, 0.4) is 0 Å². The summed E-state index contributed by atoms with van der Waals surface area (Å²) < 4.78 is 0. The monoisotopic (exact) mass is 200 g/mol. The molecule has 0 radical (unpaired) electrons. The lowest BCUT2D eigenvalue weighted by Crippen LogP contribution is -2.55. The molecule has 1 saturated carbocycles. The number of nitrogens with two attached hydrogens (primary N) is 1. The van der Waals surface area contributed by atoms with Crippen LogP contribution in [0.15, 0.2) is 0 Å². The van der Waals surface area contributed by atoms with E-state index in [0.29, 0.717) is 12.3 Å². The van der Waals surface area contributed by atoms with Gasteiger partial charge in [0.1, 0.15) is 0 Å². The summed E-state index contributed by atoms with van der Waals surface area (Å²) in [5.41, 5.74) is 5.20. The van der Waals surface area contributed by atoms with Gasteiger partial charge in [-0.25, -0.2) is 0 Å². The Morgan fingerprint density at radius 1 is 1.71 bits per heavy atom. The topological polar surface area (TPSA) is 75.3 Å². The number of carbonyl (C=O) groups is 1. The van der Waals surface area contributed by atoms with Crippen molar-refractivity contribution in [3.8, 4) is 0 Å². The van der Waals surface area contributed by atoms with Gasteiger partial charge in [0.05, 0.1) is 5.54 Å². The molecule has 1 aliphatic rings. The molecule has 82 valence electrons. The molecule has 1 rings (SSSR count). The SMILES string of the molecule is CC(CCO)NC(=O)C(C)(N)C1CC1. The van der Waals surface area contributed by atoms with E-state index < -0.39 is 5.54 Å². The molecule has 1 amide bonds. The highest BCUT2D eigenvalue weighted by Gasteiger charge is 2.44. The van der Waals surface area contributed by atoms with E-state index in [1.54, 1.807) is 6.92 Å². The number of nitrogens with one attached hydrogen (secondary N) is 1. The normalized spacial score (nSPS) is 22.6. The smallest absolute Gasteiger partial charge is 0.240 e. The second kappa shape index (κ2) is 4.28. The van der Waals surface area contributed by atoms with Gasteiger partial charge in [-0.05, 0) is 39.0 Å². The first-order chi connectivity index (χ1) is 6.48. The van der Waals surface area contributed by atoms with Gasteiger partial charge in [0.2, 0.25) is 5.91 Å². The first-order valence-electron chi connectivity index (χ1n) is 5.19. The van der Waals surface area contributed by atoms with Crippen molar-refractivity contribution < 1.29 is 9.90 Å². The number of hydrogen-bond acceptors (Lipinski definition) is 3. The van der Waals surface area contributed by atoms with Crippen LogP contribution in [-0.2, 0) is 4.79 Å². The lowest BCUT2D eigenvalue weighted by molar-refractivity contribution is -0.127. The van der Waals surface area contributed by atoms with Gasteiger partial charge < -0.3 is 16.2 Å². The highest BCUT2D eigenvalue weighted by atomic mass is 16.3. The number of amides is 1. The first kappa shape index (κ1) is 11.5. The molecule has 2 unspecified atom stereocenters. The van der Waals surface area contributed by atoms with Gasteiger partial charge in [0, 0.05) is 12.6 Å². The van der Waals surface area contributed by atoms with Gasteiger partial charge >= 0.3 is 0 Å². The molecule has 0 saturated heterocycles. The third-order valence-electron chi connectivity index (χ3n) is 2.85. The highest BCUT2D eigenvalue weighted by Crippen LogP contribution is 2.38. The van der Waals surface area contributed by atoms with E-state index in [9.17, 15) is 4.79 Å². The second-order valence-electron chi connectivity index (χ2n) is 4.44. The summed E-state index contributed by atoms with van der Waals surface area (Å²) in [5, 5.41) is 11.5. The summed E-state index contributed by atoms with van der Waals surface area (Å²) in [4.78, 5) is 11.7. The molecule has 4 nitrogen and oxygen atoms in total. The maximum Gasteiger partial charge on any atom is 0.240 e. The Morgan fingerprint density at radius 3 is 2.71 bits per heavy atom. The van der Waals surface area contributed by atoms with Crippen molar-refractivity contribution in [2.75, 3.05) is 6.61 Å². The van der Waals surface area contributed by atoms with E-state index in [1.807, 2.05) is 6.92 Å². The highest BCUT2D eigenvalue weighted by molar-refractivity contribution is 5.86. The fourth-order valence-electron chi connectivity index (χ4n) is 1.51. The Kier molecular flexibility index (Phi) is 3.50. The van der Waals surface area contributed by atoms with Gasteiger partial charge in [-0.3, -0.25) is 4.79 Å². The minimum Gasteiger partial charge on any atom is -0.396 e. The van der Waals surface area contributed by atoms with Crippen LogP contribution in [0.4, 0.5) is 0 Å². The minimum absolute atomic E-state index is 0.00544. The molecule has 0 aromatic heterocycles. The molecular formula is C10H20N2O2. The zero-order chi connectivity index (χ0) is 10.8. The van der Waals surface area contributed by atoms with Crippen molar-refractivity contribution >= 4 is 5.91 Å².